The van der Waals surface area contributed by atoms with Gasteiger partial charge in [-0.1, -0.05) is 23.5 Å². The Hall–Kier alpha value is -3.13. The normalized spacial score (nSPS) is 10.5. The molecule has 146 valence electrons. The van der Waals surface area contributed by atoms with Gasteiger partial charge in [-0.2, -0.15) is 0 Å². The standard InChI is InChI=1S/C20H21N3O4S/c1-12(24)21-20-23-19-16(27-3)10-14(11-17(19)28-20)22-18(25)9-6-13-4-7-15(26-2)8-5-13/h4-5,7-8,10-11H,6,9H2,1-3H3,(H,22,25)(H,21,23,24). The summed E-state index contributed by atoms with van der Waals surface area (Å²) in [6, 6.07) is 11.2. The number of anilines is 2. The van der Waals surface area contributed by atoms with E-state index in [0.29, 0.717) is 34.9 Å². The van der Waals surface area contributed by atoms with Crippen LogP contribution in [0.2, 0.25) is 0 Å². The number of thiazole rings is 1. The summed E-state index contributed by atoms with van der Waals surface area (Å²) >= 11 is 1.32. The van der Waals surface area contributed by atoms with Crippen molar-refractivity contribution in [1.29, 1.82) is 0 Å². The van der Waals surface area contributed by atoms with Crippen LogP contribution in [0.3, 0.4) is 0 Å². The topological polar surface area (TPSA) is 89.6 Å². The predicted octanol–water partition coefficient (Wildman–Crippen LogP) is 3.84. The van der Waals surface area contributed by atoms with Crippen LogP contribution in [0, 0.1) is 0 Å². The van der Waals surface area contributed by atoms with Crippen molar-refractivity contribution >= 4 is 44.2 Å². The van der Waals surface area contributed by atoms with Gasteiger partial charge in [0.2, 0.25) is 11.8 Å². The first-order chi connectivity index (χ1) is 13.5. The van der Waals surface area contributed by atoms with E-state index in [4.69, 9.17) is 9.47 Å². The van der Waals surface area contributed by atoms with Gasteiger partial charge >= 0.3 is 0 Å². The lowest BCUT2D eigenvalue weighted by Gasteiger charge is -2.08. The number of hydrogen-bond donors (Lipinski definition) is 2. The molecule has 0 unspecified atom stereocenters. The molecule has 3 rings (SSSR count). The molecule has 0 atom stereocenters. The first kappa shape index (κ1) is 19.6. The molecule has 0 spiro atoms. The maximum Gasteiger partial charge on any atom is 0.224 e. The second kappa shape index (κ2) is 8.71. The number of methoxy groups -OCH3 is 2. The molecule has 2 N–H and O–H groups in total. The van der Waals surface area contributed by atoms with Gasteiger partial charge in [-0.05, 0) is 30.2 Å². The van der Waals surface area contributed by atoms with E-state index in [1.54, 1.807) is 20.3 Å². The van der Waals surface area contributed by atoms with E-state index in [-0.39, 0.29) is 11.8 Å². The van der Waals surface area contributed by atoms with Gasteiger partial charge in [-0.3, -0.25) is 9.59 Å². The molecule has 1 aromatic heterocycles. The Balaban J connectivity index is 1.69. The van der Waals surface area contributed by atoms with Crippen LogP contribution < -0.4 is 20.1 Å². The van der Waals surface area contributed by atoms with Crippen molar-refractivity contribution in [2.45, 2.75) is 19.8 Å². The Kier molecular flexibility index (Phi) is 6.10. The quantitative estimate of drug-likeness (QED) is 0.630. The van der Waals surface area contributed by atoms with Gasteiger partial charge in [0.05, 0.1) is 18.9 Å². The summed E-state index contributed by atoms with van der Waals surface area (Å²) in [5.41, 5.74) is 2.33. The van der Waals surface area contributed by atoms with Crippen molar-refractivity contribution in [2.24, 2.45) is 0 Å². The van der Waals surface area contributed by atoms with Crippen molar-refractivity contribution in [3.05, 3.63) is 42.0 Å². The zero-order chi connectivity index (χ0) is 20.1. The molecule has 1 heterocycles. The first-order valence-electron chi connectivity index (χ1n) is 8.67. The van der Waals surface area contributed by atoms with Crippen LogP contribution in [0.25, 0.3) is 10.2 Å². The molecule has 0 aliphatic rings. The lowest BCUT2D eigenvalue weighted by molar-refractivity contribution is -0.116. The summed E-state index contributed by atoms with van der Waals surface area (Å²) in [7, 11) is 3.16. The van der Waals surface area contributed by atoms with Crippen molar-refractivity contribution < 1.29 is 19.1 Å². The number of fused-ring (bicyclic) bond motifs is 1. The van der Waals surface area contributed by atoms with Gasteiger partial charge in [0.1, 0.15) is 17.0 Å². The molecule has 3 aromatic rings. The molecule has 0 aliphatic carbocycles. The Morgan fingerprint density at radius 1 is 1.07 bits per heavy atom. The number of carbonyl (C=O) groups is 2. The number of carbonyl (C=O) groups excluding carboxylic acids is 2. The zero-order valence-corrected chi connectivity index (χ0v) is 16.7. The lowest BCUT2D eigenvalue weighted by Crippen LogP contribution is -2.12. The average molecular weight is 399 g/mol. The SMILES string of the molecule is COc1ccc(CCC(=O)Nc2cc(OC)c3nc(NC(C)=O)sc3c2)cc1. The van der Waals surface area contributed by atoms with Crippen LogP contribution in [0.5, 0.6) is 11.5 Å². The van der Waals surface area contributed by atoms with Crippen molar-refractivity contribution in [1.82, 2.24) is 4.98 Å². The average Bonchev–Trinajstić information content (AvgIpc) is 3.07. The fraction of sp³-hybridized carbons (Fsp3) is 0.250. The molecule has 28 heavy (non-hydrogen) atoms. The highest BCUT2D eigenvalue weighted by atomic mass is 32.1. The lowest BCUT2D eigenvalue weighted by atomic mass is 10.1. The Morgan fingerprint density at radius 3 is 2.46 bits per heavy atom. The second-order valence-electron chi connectivity index (χ2n) is 6.12. The van der Waals surface area contributed by atoms with Gasteiger partial charge in [-0.15, -0.1) is 0 Å². The van der Waals surface area contributed by atoms with E-state index in [2.05, 4.69) is 15.6 Å². The van der Waals surface area contributed by atoms with E-state index in [1.807, 2.05) is 30.3 Å². The Labute approximate surface area is 166 Å². The van der Waals surface area contributed by atoms with Gasteiger partial charge in [0.15, 0.2) is 5.13 Å². The molecule has 0 saturated heterocycles. The molecule has 0 aliphatic heterocycles. The highest BCUT2D eigenvalue weighted by Gasteiger charge is 2.13. The second-order valence-corrected chi connectivity index (χ2v) is 7.15. The molecule has 0 radical (unpaired) electrons. The third-order valence-corrected chi connectivity index (χ3v) is 4.96. The first-order valence-corrected chi connectivity index (χ1v) is 9.49. The van der Waals surface area contributed by atoms with Crippen LogP contribution in [0.1, 0.15) is 18.9 Å². The molecular formula is C20H21N3O4S. The smallest absolute Gasteiger partial charge is 0.224 e. The summed E-state index contributed by atoms with van der Waals surface area (Å²) < 4.78 is 11.3. The fourth-order valence-electron chi connectivity index (χ4n) is 2.70. The predicted molar refractivity (Wildman–Crippen MR) is 110 cm³/mol. The third kappa shape index (κ3) is 4.77. The molecule has 0 fully saturated rings. The van der Waals surface area contributed by atoms with Gasteiger partial charge in [-0.25, -0.2) is 4.98 Å². The van der Waals surface area contributed by atoms with E-state index in [0.717, 1.165) is 16.0 Å². The monoisotopic (exact) mass is 399 g/mol. The number of hydrogen-bond acceptors (Lipinski definition) is 6. The molecule has 0 bridgehead atoms. The number of amides is 2. The summed E-state index contributed by atoms with van der Waals surface area (Å²) in [5.74, 6) is 1.04. The number of nitrogens with zero attached hydrogens (tertiary/aromatic N) is 1. The summed E-state index contributed by atoms with van der Waals surface area (Å²) in [6.07, 6.45) is 0.981. The third-order valence-electron chi connectivity index (χ3n) is 4.05. The van der Waals surface area contributed by atoms with Gasteiger partial charge in [0.25, 0.3) is 0 Å². The van der Waals surface area contributed by atoms with E-state index in [9.17, 15) is 9.59 Å². The number of nitrogens with one attached hydrogen (secondary N) is 2. The highest BCUT2D eigenvalue weighted by Crippen LogP contribution is 2.35. The number of aromatic nitrogens is 1. The van der Waals surface area contributed by atoms with Crippen molar-refractivity contribution in [2.75, 3.05) is 24.9 Å². The van der Waals surface area contributed by atoms with E-state index >= 15 is 0 Å². The minimum absolute atomic E-state index is 0.0937. The zero-order valence-electron chi connectivity index (χ0n) is 15.9. The minimum Gasteiger partial charge on any atom is -0.497 e. The highest BCUT2D eigenvalue weighted by molar-refractivity contribution is 7.22. The maximum absolute atomic E-state index is 12.3. The van der Waals surface area contributed by atoms with Crippen LogP contribution in [0.4, 0.5) is 10.8 Å². The van der Waals surface area contributed by atoms with Crippen LogP contribution in [-0.4, -0.2) is 31.0 Å². The van der Waals surface area contributed by atoms with Crippen molar-refractivity contribution in [3.8, 4) is 11.5 Å². The Bertz CT molecular complexity index is 999. The summed E-state index contributed by atoms with van der Waals surface area (Å²) in [6.45, 7) is 1.43. The number of benzene rings is 2. The largest absolute Gasteiger partial charge is 0.497 e. The van der Waals surface area contributed by atoms with Crippen LogP contribution in [0.15, 0.2) is 36.4 Å². The summed E-state index contributed by atoms with van der Waals surface area (Å²) in [4.78, 5) is 28.0. The minimum atomic E-state index is -0.190. The van der Waals surface area contributed by atoms with E-state index < -0.39 is 0 Å². The number of aryl methyl sites for hydroxylation is 1. The Morgan fingerprint density at radius 2 is 1.82 bits per heavy atom. The van der Waals surface area contributed by atoms with Crippen LogP contribution >= 0.6 is 11.3 Å². The number of ether oxygens (including phenoxy) is 2. The van der Waals surface area contributed by atoms with Crippen molar-refractivity contribution in [3.63, 3.8) is 0 Å². The maximum atomic E-state index is 12.3. The fourth-order valence-corrected chi connectivity index (χ4v) is 3.67. The molecule has 2 amide bonds. The molecule has 2 aromatic carbocycles. The van der Waals surface area contributed by atoms with Gasteiger partial charge < -0.3 is 20.1 Å². The van der Waals surface area contributed by atoms with Crippen LogP contribution in [-0.2, 0) is 16.0 Å². The molecular weight excluding hydrogens is 378 g/mol. The summed E-state index contributed by atoms with van der Waals surface area (Å²) in [5, 5.41) is 6.06. The molecule has 0 saturated carbocycles. The molecule has 7 nitrogen and oxygen atoms in total. The molecule has 8 heteroatoms. The van der Waals surface area contributed by atoms with E-state index in [1.165, 1.54) is 18.3 Å². The van der Waals surface area contributed by atoms with Gasteiger partial charge in [0, 0.05) is 25.1 Å². The number of rotatable bonds is 7.